The number of sulfone groups is 1. The third kappa shape index (κ3) is 3.22. The predicted molar refractivity (Wildman–Crippen MR) is 68.4 cm³/mol. The normalized spacial score (nSPS) is 22.4. The van der Waals surface area contributed by atoms with Crippen LogP contribution in [-0.4, -0.2) is 32.4 Å². The molecule has 1 atom stereocenters. The van der Waals surface area contributed by atoms with Gasteiger partial charge in [0, 0.05) is 6.54 Å². The molecule has 0 aromatic rings. The molecule has 1 unspecified atom stereocenters. The van der Waals surface area contributed by atoms with Gasteiger partial charge < -0.3 is 5.32 Å². The first-order valence-electron chi connectivity index (χ1n) is 6.29. The Morgan fingerprint density at radius 3 is 2.44 bits per heavy atom. The van der Waals surface area contributed by atoms with E-state index in [2.05, 4.69) is 11.4 Å². The van der Waals surface area contributed by atoms with Crippen molar-refractivity contribution in [1.82, 2.24) is 5.32 Å². The van der Waals surface area contributed by atoms with Gasteiger partial charge in [-0.15, -0.1) is 0 Å². The number of nitrogens with zero attached hydrogens (tertiary/aromatic N) is 1. The van der Waals surface area contributed by atoms with E-state index in [-0.39, 0.29) is 23.3 Å². The summed E-state index contributed by atoms with van der Waals surface area (Å²) in [6.45, 7) is 3.97. The molecule has 1 amide bonds. The van der Waals surface area contributed by atoms with Crippen LogP contribution in [0.3, 0.4) is 0 Å². The van der Waals surface area contributed by atoms with Crippen molar-refractivity contribution in [3.05, 3.63) is 0 Å². The highest BCUT2D eigenvalue weighted by atomic mass is 32.2. The van der Waals surface area contributed by atoms with Crippen LogP contribution < -0.4 is 5.32 Å². The molecule has 1 N–H and O–H groups in total. The van der Waals surface area contributed by atoms with Gasteiger partial charge in [0.2, 0.25) is 5.91 Å². The van der Waals surface area contributed by atoms with Gasteiger partial charge in [-0.25, -0.2) is 8.42 Å². The summed E-state index contributed by atoms with van der Waals surface area (Å²) in [6, 6.07) is 2.08. The maximum absolute atomic E-state index is 12.0. The zero-order chi connectivity index (χ0) is 13.8. The van der Waals surface area contributed by atoms with Crippen LogP contribution in [0, 0.1) is 22.7 Å². The van der Waals surface area contributed by atoms with Gasteiger partial charge in [-0.3, -0.25) is 4.79 Å². The van der Waals surface area contributed by atoms with Gasteiger partial charge in [0.05, 0.1) is 17.6 Å². The molecule has 1 fully saturated rings. The Hall–Kier alpha value is -1.09. The summed E-state index contributed by atoms with van der Waals surface area (Å²) in [7, 11) is -2.91. The van der Waals surface area contributed by atoms with Gasteiger partial charge >= 0.3 is 0 Å². The van der Waals surface area contributed by atoms with Gasteiger partial charge in [-0.2, -0.15) is 5.26 Å². The molecule has 1 saturated heterocycles. The third-order valence-corrected chi connectivity index (χ3v) is 5.57. The Balaban J connectivity index is 2.54. The van der Waals surface area contributed by atoms with Crippen LogP contribution in [0.2, 0.25) is 0 Å². The van der Waals surface area contributed by atoms with E-state index in [1.54, 1.807) is 0 Å². The minimum absolute atomic E-state index is 0.0101. The average Bonchev–Trinajstić information content (AvgIpc) is 2.69. The molecule has 1 aliphatic rings. The Labute approximate surface area is 108 Å². The summed E-state index contributed by atoms with van der Waals surface area (Å²) in [5, 5.41) is 11.8. The molecule has 0 bridgehead atoms. The fourth-order valence-electron chi connectivity index (χ4n) is 2.22. The van der Waals surface area contributed by atoms with Gasteiger partial charge in [0.25, 0.3) is 0 Å². The van der Waals surface area contributed by atoms with E-state index in [9.17, 15) is 13.2 Å². The minimum atomic E-state index is -2.91. The van der Waals surface area contributed by atoms with E-state index >= 15 is 0 Å². The van der Waals surface area contributed by atoms with Gasteiger partial charge in [0.1, 0.15) is 5.41 Å². The standard InChI is InChI=1S/C12H20N2O3S/c1-3-12(4-2,9-13)11(15)14-7-10-5-6-18(16,17)8-10/h10H,3-8H2,1-2H3,(H,14,15). The van der Waals surface area contributed by atoms with Gasteiger partial charge in [-0.1, -0.05) is 13.8 Å². The van der Waals surface area contributed by atoms with Crippen molar-refractivity contribution >= 4 is 15.7 Å². The van der Waals surface area contributed by atoms with Crippen LogP contribution in [0.1, 0.15) is 33.1 Å². The number of amides is 1. The molecule has 0 aromatic carbocycles. The van der Waals surface area contributed by atoms with Crippen molar-refractivity contribution in [2.45, 2.75) is 33.1 Å². The highest BCUT2D eigenvalue weighted by Crippen LogP contribution is 2.26. The number of rotatable bonds is 5. The largest absolute Gasteiger partial charge is 0.354 e. The summed E-state index contributed by atoms with van der Waals surface area (Å²) < 4.78 is 22.6. The van der Waals surface area contributed by atoms with E-state index in [0.717, 1.165) is 0 Å². The third-order valence-electron chi connectivity index (χ3n) is 3.73. The molecule has 0 spiro atoms. The van der Waals surface area contributed by atoms with Crippen molar-refractivity contribution in [3.63, 3.8) is 0 Å². The molecular formula is C12H20N2O3S. The zero-order valence-electron chi connectivity index (χ0n) is 10.9. The van der Waals surface area contributed by atoms with Crippen molar-refractivity contribution in [2.24, 2.45) is 11.3 Å². The molecule has 1 aliphatic heterocycles. The molecule has 6 heteroatoms. The molecule has 1 heterocycles. The summed E-state index contributed by atoms with van der Waals surface area (Å²) in [5.74, 6) is 0.0622. The number of carbonyl (C=O) groups is 1. The van der Waals surface area contributed by atoms with Crippen LogP contribution in [0.4, 0.5) is 0 Å². The van der Waals surface area contributed by atoms with Crippen LogP contribution in [0.15, 0.2) is 0 Å². The quantitative estimate of drug-likeness (QED) is 0.804. The fourth-order valence-corrected chi connectivity index (χ4v) is 4.08. The smallest absolute Gasteiger partial charge is 0.240 e. The monoisotopic (exact) mass is 272 g/mol. The lowest BCUT2D eigenvalue weighted by Gasteiger charge is -2.23. The molecule has 0 aliphatic carbocycles. The predicted octanol–water partition coefficient (Wildman–Crippen LogP) is 0.867. The van der Waals surface area contributed by atoms with Gasteiger partial charge in [-0.05, 0) is 25.2 Å². The Kier molecular flexibility index (Phi) is 4.74. The SMILES string of the molecule is CCC(C#N)(CC)C(=O)NCC1CCS(=O)(=O)C1. The second-order valence-electron chi connectivity index (χ2n) is 4.88. The zero-order valence-corrected chi connectivity index (χ0v) is 11.7. The van der Waals surface area contributed by atoms with Crippen molar-refractivity contribution in [2.75, 3.05) is 18.1 Å². The van der Waals surface area contributed by atoms with E-state index in [1.807, 2.05) is 13.8 Å². The molecule has 1 rings (SSSR count). The van der Waals surface area contributed by atoms with Crippen molar-refractivity contribution in [1.29, 1.82) is 5.26 Å². The number of carbonyl (C=O) groups excluding carboxylic acids is 1. The second-order valence-corrected chi connectivity index (χ2v) is 7.11. The van der Waals surface area contributed by atoms with Crippen LogP contribution in [0.25, 0.3) is 0 Å². The fraction of sp³-hybridized carbons (Fsp3) is 0.833. The highest BCUT2D eigenvalue weighted by molar-refractivity contribution is 7.91. The molecule has 18 heavy (non-hydrogen) atoms. The molecule has 102 valence electrons. The highest BCUT2D eigenvalue weighted by Gasteiger charge is 2.36. The second kappa shape index (κ2) is 5.70. The lowest BCUT2D eigenvalue weighted by atomic mass is 9.83. The molecule has 0 saturated carbocycles. The molecule has 5 nitrogen and oxygen atoms in total. The maximum atomic E-state index is 12.0. The van der Waals surface area contributed by atoms with E-state index < -0.39 is 15.3 Å². The summed E-state index contributed by atoms with van der Waals surface area (Å²) in [5.41, 5.74) is -0.975. The molecule has 0 radical (unpaired) electrons. The van der Waals surface area contributed by atoms with Crippen molar-refractivity contribution < 1.29 is 13.2 Å². The number of nitriles is 1. The van der Waals surface area contributed by atoms with E-state index in [4.69, 9.17) is 5.26 Å². The first-order chi connectivity index (χ1) is 8.39. The lowest BCUT2D eigenvalue weighted by molar-refractivity contribution is -0.128. The number of nitrogens with one attached hydrogen (secondary N) is 1. The van der Waals surface area contributed by atoms with E-state index in [0.29, 0.717) is 25.8 Å². The molecule has 0 aromatic heterocycles. The topological polar surface area (TPSA) is 87.0 Å². The lowest BCUT2D eigenvalue weighted by Crippen LogP contribution is -2.41. The first kappa shape index (κ1) is 15.0. The van der Waals surface area contributed by atoms with Crippen LogP contribution in [0.5, 0.6) is 0 Å². The maximum Gasteiger partial charge on any atom is 0.240 e. The summed E-state index contributed by atoms with van der Waals surface area (Å²) >= 11 is 0. The van der Waals surface area contributed by atoms with Crippen LogP contribution >= 0.6 is 0 Å². The Bertz CT molecular complexity index is 446. The Morgan fingerprint density at radius 1 is 1.44 bits per heavy atom. The van der Waals surface area contributed by atoms with Crippen LogP contribution in [-0.2, 0) is 14.6 Å². The minimum Gasteiger partial charge on any atom is -0.354 e. The van der Waals surface area contributed by atoms with E-state index in [1.165, 1.54) is 0 Å². The number of hydrogen-bond acceptors (Lipinski definition) is 4. The van der Waals surface area contributed by atoms with Gasteiger partial charge in [0.15, 0.2) is 9.84 Å². The average molecular weight is 272 g/mol. The summed E-state index contributed by atoms with van der Waals surface area (Å²) in [6.07, 6.45) is 1.53. The molecular weight excluding hydrogens is 252 g/mol. The number of hydrogen-bond donors (Lipinski definition) is 1. The Morgan fingerprint density at radius 2 is 2.06 bits per heavy atom. The summed E-state index contributed by atoms with van der Waals surface area (Å²) in [4.78, 5) is 12.0. The first-order valence-corrected chi connectivity index (χ1v) is 8.11. The van der Waals surface area contributed by atoms with Crippen molar-refractivity contribution in [3.8, 4) is 6.07 Å².